The highest BCUT2D eigenvalue weighted by Crippen LogP contribution is 2.32. The average Bonchev–Trinajstić information content (AvgIpc) is 2.58. The molecule has 0 aromatic heterocycles. The molecule has 1 saturated heterocycles. The van der Waals surface area contributed by atoms with Crippen LogP contribution in [0.5, 0.6) is 0 Å². The number of nitrogens with zero attached hydrogens (tertiary/aromatic N) is 1. The van der Waals surface area contributed by atoms with E-state index in [-0.39, 0.29) is 23.5 Å². The van der Waals surface area contributed by atoms with Crippen LogP contribution in [0.25, 0.3) is 0 Å². The molecule has 24 heavy (non-hydrogen) atoms. The SMILES string of the molecule is O=C(CC1(O)CCCCC1)N1CCO[C@H](c2ccc(F)c(Cl)c2)C1. The molecule has 0 spiro atoms. The van der Waals surface area contributed by atoms with Crippen LogP contribution >= 0.6 is 11.6 Å². The number of rotatable bonds is 3. The third-order valence-electron chi connectivity index (χ3n) is 5.00. The molecule has 4 nitrogen and oxygen atoms in total. The second-order valence-electron chi connectivity index (χ2n) is 6.83. The number of carbonyl (C=O) groups is 1. The highest BCUT2D eigenvalue weighted by atomic mass is 35.5. The van der Waals surface area contributed by atoms with Crippen LogP contribution in [0.1, 0.15) is 50.2 Å². The smallest absolute Gasteiger partial charge is 0.225 e. The topological polar surface area (TPSA) is 49.8 Å². The van der Waals surface area contributed by atoms with Crippen molar-refractivity contribution in [3.63, 3.8) is 0 Å². The van der Waals surface area contributed by atoms with Gasteiger partial charge >= 0.3 is 0 Å². The van der Waals surface area contributed by atoms with Gasteiger partial charge in [-0.2, -0.15) is 0 Å². The van der Waals surface area contributed by atoms with Crippen molar-refractivity contribution in [1.82, 2.24) is 4.90 Å². The molecule has 1 N–H and O–H groups in total. The first kappa shape index (κ1) is 17.6. The Kier molecular flexibility index (Phi) is 5.42. The predicted octanol–water partition coefficient (Wildman–Crippen LogP) is 3.46. The van der Waals surface area contributed by atoms with Crippen LogP contribution in [-0.4, -0.2) is 41.2 Å². The number of amides is 1. The number of morpholine rings is 1. The van der Waals surface area contributed by atoms with Gasteiger partial charge < -0.3 is 14.7 Å². The summed E-state index contributed by atoms with van der Waals surface area (Å²) in [6.45, 7) is 1.33. The molecule has 1 atom stereocenters. The minimum atomic E-state index is -0.859. The lowest BCUT2D eigenvalue weighted by molar-refractivity contribution is -0.145. The Hall–Kier alpha value is -1.17. The van der Waals surface area contributed by atoms with Crippen molar-refractivity contribution in [2.45, 2.75) is 50.2 Å². The van der Waals surface area contributed by atoms with E-state index < -0.39 is 11.4 Å². The van der Waals surface area contributed by atoms with E-state index in [0.717, 1.165) is 24.8 Å². The van der Waals surface area contributed by atoms with Gasteiger partial charge in [0.2, 0.25) is 5.91 Å². The molecule has 1 aliphatic carbocycles. The average molecular weight is 356 g/mol. The third-order valence-corrected chi connectivity index (χ3v) is 5.29. The summed E-state index contributed by atoms with van der Waals surface area (Å²) in [6.07, 6.45) is 4.32. The number of ether oxygens (including phenoxy) is 1. The molecule has 1 amide bonds. The second kappa shape index (κ2) is 7.38. The van der Waals surface area contributed by atoms with Gasteiger partial charge in [0.1, 0.15) is 11.9 Å². The summed E-state index contributed by atoms with van der Waals surface area (Å²) in [5.41, 5.74) is -0.0993. The Balaban J connectivity index is 1.64. The van der Waals surface area contributed by atoms with E-state index in [1.807, 2.05) is 0 Å². The Morgan fingerprint density at radius 3 is 2.83 bits per heavy atom. The summed E-state index contributed by atoms with van der Waals surface area (Å²) < 4.78 is 19.0. The quantitative estimate of drug-likeness (QED) is 0.903. The molecule has 6 heteroatoms. The molecule has 1 aliphatic heterocycles. The van der Waals surface area contributed by atoms with Gasteiger partial charge in [-0.25, -0.2) is 4.39 Å². The van der Waals surface area contributed by atoms with Crippen LogP contribution < -0.4 is 0 Å². The predicted molar refractivity (Wildman–Crippen MR) is 89.3 cm³/mol. The molecule has 0 radical (unpaired) electrons. The Bertz CT molecular complexity index is 604. The minimum absolute atomic E-state index is 0.0408. The van der Waals surface area contributed by atoms with E-state index in [1.54, 1.807) is 17.0 Å². The molecular formula is C18H23ClFNO3. The highest BCUT2D eigenvalue weighted by molar-refractivity contribution is 6.30. The van der Waals surface area contributed by atoms with Crippen molar-refractivity contribution in [1.29, 1.82) is 0 Å². The fourth-order valence-corrected chi connectivity index (χ4v) is 3.76. The molecule has 132 valence electrons. The zero-order valence-electron chi connectivity index (χ0n) is 13.6. The van der Waals surface area contributed by atoms with Crippen molar-refractivity contribution in [2.24, 2.45) is 0 Å². The van der Waals surface area contributed by atoms with E-state index in [2.05, 4.69) is 0 Å². The lowest BCUT2D eigenvalue weighted by Gasteiger charge is -2.37. The Labute approximate surface area is 146 Å². The summed E-state index contributed by atoms with van der Waals surface area (Å²) in [7, 11) is 0. The fourth-order valence-electron chi connectivity index (χ4n) is 3.57. The standard InChI is InChI=1S/C18H23ClFNO3/c19-14-10-13(4-5-15(14)20)16-12-21(8-9-24-16)17(22)11-18(23)6-2-1-3-7-18/h4-5,10,16,23H,1-3,6-9,11-12H2/t16-/m0/s1. The zero-order chi connectivity index (χ0) is 17.2. The Morgan fingerprint density at radius 2 is 2.12 bits per heavy atom. The van der Waals surface area contributed by atoms with E-state index in [1.165, 1.54) is 6.07 Å². The summed E-state index contributed by atoms with van der Waals surface area (Å²) in [5.74, 6) is -0.510. The molecule has 2 aliphatic rings. The normalized spacial score (nSPS) is 24.0. The molecule has 1 aromatic carbocycles. The van der Waals surface area contributed by atoms with Gasteiger partial charge in [0.15, 0.2) is 0 Å². The third kappa shape index (κ3) is 4.08. The molecule has 0 bridgehead atoms. The van der Waals surface area contributed by atoms with Gasteiger partial charge in [0.25, 0.3) is 0 Å². The van der Waals surface area contributed by atoms with E-state index >= 15 is 0 Å². The maximum absolute atomic E-state index is 13.3. The number of halogens is 2. The largest absolute Gasteiger partial charge is 0.389 e. The number of hydrogen-bond donors (Lipinski definition) is 1. The Morgan fingerprint density at radius 1 is 1.38 bits per heavy atom. The molecule has 1 heterocycles. The molecular weight excluding hydrogens is 333 g/mol. The first-order valence-corrected chi connectivity index (χ1v) is 8.91. The van der Waals surface area contributed by atoms with Crippen molar-refractivity contribution in [3.05, 3.63) is 34.6 Å². The van der Waals surface area contributed by atoms with E-state index in [4.69, 9.17) is 16.3 Å². The van der Waals surface area contributed by atoms with Crippen molar-refractivity contribution >= 4 is 17.5 Å². The van der Waals surface area contributed by atoms with Crippen LogP contribution in [0, 0.1) is 5.82 Å². The van der Waals surface area contributed by atoms with Gasteiger partial charge in [-0.05, 0) is 30.5 Å². The van der Waals surface area contributed by atoms with E-state index in [0.29, 0.717) is 32.5 Å². The van der Waals surface area contributed by atoms with Gasteiger partial charge in [-0.1, -0.05) is 36.9 Å². The monoisotopic (exact) mass is 355 g/mol. The molecule has 1 aromatic rings. The van der Waals surface area contributed by atoms with Gasteiger partial charge in [0, 0.05) is 6.54 Å². The molecule has 2 fully saturated rings. The number of aliphatic hydroxyl groups is 1. The van der Waals surface area contributed by atoms with E-state index in [9.17, 15) is 14.3 Å². The van der Waals surface area contributed by atoms with Crippen LogP contribution in [-0.2, 0) is 9.53 Å². The van der Waals surface area contributed by atoms with Gasteiger partial charge in [0.05, 0.1) is 30.2 Å². The number of benzene rings is 1. The lowest BCUT2D eigenvalue weighted by atomic mass is 9.82. The molecule has 0 unspecified atom stereocenters. The fraction of sp³-hybridized carbons (Fsp3) is 0.611. The molecule has 3 rings (SSSR count). The number of carbonyl (C=O) groups excluding carboxylic acids is 1. The van der Waals surface area contributed by atoms with Gasteiger partial charge in [-0.3, -0.25) is 4.79 Å². The highest BCUT2D eigenvalue weighted by Gasteiger charge is 2.35. The summed E-state index contributed by atoms with van der Waals surface area (Å²) >= 11 is 5.83. The minimum Gasteiger partial charge on any atom is -0.389 e. The molecule has 1 saturated carbocycles. The zero-order valence-corrected chi connectivity index (χ0v) is 14.4. The second-order valence-corrected chi connectivity index (χ2v) is 7.24. The van der Waals surface area contributed by atoms with Crippen LogP contribution in [0.4, 0.5) is 4.39 Å². The summed E-state index contributed by atoms with van der Waals surface area (Å²) in [4.78, 5) is 14.3. The lowest BCUT2D eigenvalue weighted by Crippen LogP contribution is -2.46. The maximum atomic E-state index is 13.3. The van der Waals surface area contributed by atoms with Crippen LogP contribution in [0.15, 0.2) is 18.2 Å². The first-order chi connectivity index (χ1) is 11.5. The van der Waals surface area contributed by atoms with Crippen molar-refractivity contribution < 1.29 is 19.0 Å². The van der Waals surface area contributed by atoms with Crippen LogP contribution in [0.3, 0.4) is 0 Å². The summed E-state index contributed by atoms with van der Waals surface area (Å²) in [6, 6.07) is 4.49. The summed E-state index contributed by atoms with van der Waals surface area (Å²) in [5, 5.41) is 10.6. The van der Waals surface area contributed by atoms with Gasteiger partial charge in [-0.15, -0.1) is 0 Å². The van der Waals surface area contributed by atoms with Crippen molar-refractivity contribution in [2.75, 3.05) is 19.7 Å². The van der Waals surface area contributed by atoms with Crippen LogP contribution in [0.2, 0.25) is 5.02 Å². The van der Waals surface area contributed by atoms with Crippen molar-refractivity contribution in [3.8, 4) is 0 Å². The first-order valence-electron chi connectivity index (χ1n) is 8.54. The maximum Gasteiger partial charge on any atom is 0.225 e. The number of hydrogen-bond acceptors (Lipinski definition) is 3.